The van der Waals surface area contributed by atoms with Crippen LogP contribution in [-0.2, 0) is 0 Å². The van der Waals surface area contributed by atoms with Crippen molar-refractivity contribution in [3.05, 3.63) is 60.5 Å². The molecule has 0 spiro atoms. The van der Waals surface area contributed by atoms with Gasteiger partial charge in [0, 0.05) is 55.9 Å². The number of likely N-dealkylation sites (tertiary alicyclic amines) is 1. The van der Waals surface area contributed by atoms with Crippen molar-refractivity contribution in [2.45, 2.75) is 44.8 Å². The maximum Gasteiger partial charge on any atom is 0.0750 e. The van der Waals surface area contributed by atoms with E-state index in [2.05, 4.69) is 106 Å². The molecule has 172 valence electrons. The van der Waals surface area contributed by atoms with Gasteiger partial charge in [-0.2, -0.15) is 5.10 Å². The van der Waals surface area contributed by atoms with Crippen molar-refractivity contribution in [3.8, 4) is 0 Å². The lowest BCUT2D eigenvalue weighted by molar-refractivity contribution is 0.260. The van der Waals surface area contributed by atoms with Gasteiger partial charge in [-0.15, -0.1) is 0 Å². The molecule has 0 aromatic heterocycles. The van der Waals surface area contributed by atoms with Crippen LogP contribution in [0.2, 0.25) is 0 Å². The molecule has 4 rings (SSSR count). The van der Waals surface area contributed by atoms with Crippen LogP contribution in [0.15, 0.2) is 70.6 Å². The van der Waals surface area contributed by atoms with E-state index in [1.807, 2.05) is 6.21 Å². The molecule has 6 heteroatoms. The summed E-state index contributed by atoms with van der Waals surface area (Å²) in [5.41, 5.74) is 4.54. The molecule has 0 aromatic carbocycles. The van der Waals surface area contributed by atoms with Crippen LogP contribution in [0, 0.1) is 17.8 Å². The van der Waals surface area contributed by atoms with E-state index in [0.717, 1.165) is 26.2 Å². The van der Waals surface area contributed by atoms with Crippen LogP contribution in [0.1, 0.15) is 26.7 Å². The molecule has 1 saturated heterocycles. The van der Waals surface area contributed by atoms with Gasteiger partial charge in [0.05, 0.1) is 12.1 Å². The number of hydrazone groups is 1. The highest BCUT2D eigenvalue weighted by Gasteiger charge is 2.25. The summed E-state index contributed by atoms with van der Waals surface area (Å²) in [6.45, 7) is 8.46. The molecule has 5 atom stereocenters. The van der Waals surface area contributed by atoms with Crippen molar-refractivity contribution in [1.82, 2.24) is 21.0 Å². The Hall–Kier alpha value is -2.60. The Balaban J connectivity index is 1.29. The summed E-state index contributed by atoms with van der Waals surface area (Å²) in [6.07, 6.45) is 26.6. The van der Waals surface area contributed by atoms with Crippen molar-refractivity contribution in [3.63, 3.8) is 0 Å². The maximum atomic E-state index is 4.45. The van der Waals surface area contributed by atoms with E-state index < -0.39 is 0 Å². The first kappa shape index (κ1) is 22.6. The Morgan fingerprint density at radius 1 is 1.25 bits per heavy atom. The second-order valence-corrected chi connectivity index (χ2v) is 9.03. The second kappa shape index (κ2) is 11.3. The Bertz CT molecular complexity index is 812. The first-order valence-electron chi connectivity index (χ1n) is 12.2. The number of hydrogen-bond acceptors (Lipinski definition) is 6. The first-order chi connectivity index (χ1) is 15.8. The number of piperidine rings is 1. The van der Waals surface area contributed by atoms with Gasteiger partial charge in [-0.05, 0) is 50.4 Å². The number of hydrogen-bond donors (Lipinski definition) is 3. The number of aliphatic imine (C=N–C) groups is 1. The van der Waals surface area contributed by atoms with Gasteiger partial charge in [0.15, 0.2) is 0 Å². The van der Waals surface area contributed by atoms with Crippen LogP contribution in [-0.4, -0.2) is 61.6 Å². The smallest absolute Gasteiger partial charge is 0.0750 e. The standard InChI is InChI=1S/C26H38N6/c1-3-5-25(20-6-7-21-17-27-18-23(21)16-20)29-12-8-22-19-30-31-26(22)11-15-32-13-9-24(10-14-32)28-4-2/h3,5-8,11-12,15-16,18-19,21-26,28-29,31H,4,9-10,13-14,17H2,1-2H3/b5-3+,12-8+,15-11+. The quantitative estimate of drug-likeness (QED) is 0.488. The first-order valence-corrected chi connectivity index (χ1v) is 12.2. The van der Waals surface area contributed by atoms with Gasteiger partial charge >= 0.3 is 0 Å². The van der Waals surface area contributed by atoms with Gasteiger partial charge in [-0.1, -0.05) is 43.4 Å². The number of nitrogens with one attached hydrogen (secondary N) is 3. The molecule has 0 bridgehead atoms. The zero-order chi connectivity index (χ0) is 22.2. The lowest BCUT2D eigenvalue weighted by atomic mass is 9.86. The minimum atomic E-state index is 0.167. The molecule has 3 aliphatic heterocycles. The van der Waals surface area contributed by atoms with Crippen molar-refractivity contribution in [1.29, 1.82) is 0 Å². The predicted molar refractivity (Wildman–Crippen MR) is 135 cm³/mol. The van der Waals surface area contributed by atoms with Gasteiger partial charge in [0.2, 0.25) is 0 Å². The number of allylic oxidation sites excluding steroid dienone is 2. The van der Waals surface area contributed by atoms with E-state index in [1.165, 1.54) is 18.4 Å². The molecule has 1 fully saturated rings. The third-order valence-corrected chi connectivity index (χ3v) is 6.76. The second-order valence-electron chi connectivity index (χ2n) is 9.03. The average Bonchev–Trinajstić information content (AvgIpc) is 3.47. The van der Waals surface area contributed by atoms with Crippen molar-refractivity contribution < 1.29 is 0 Å². The van der Waals surface area contributed by atoms with Gasteiger partial charge in [0.25, 0.3) is 0 Å². The largest absolute Gasteiger partial charge is 0.381 e. The summed E-state index contributed by atoms with van der Waals surface area (Å²) in [6, 6.07) is 1.04. The fraction of sp³-hybridized carbons (Fsp3) is 0.538. The molecule has 3 N–H and O–H groups in total. The Labute approximate surface area is 193 Å². The van der Waals surface area contributed by atoms with E-state index in [9.17, 15) is 0 Å². The lowest BCUT2D eigenvalue weighted by Gasteiger charge is -2.31. The van der Waals surface area contributed by atoms with Crippen molar-refractivity contribution >= 4 is 12.4 Å². The van der Waals surface area contributed by atoms with Crippen molar-refractivity contribution in [2.75, 3.05) is 26.2 Å². The molecular weight excluding hydrogens is 396 g/mol. The zero-order valence-corrected chi connectivity index (χ0v) is 19.4. The minimum absolute atomic E-state index is 0.167. The number of nitrogens with zero attached hydrogens (tertiary/aromatic N) is 3. The number of fused-ring (bicyclic) bond motifs is 1. The van der Waals surface area contributed by atoms with Gasteiger partial charge in [0.1, 0.15) is 0 Å². The third kappa shape index (κ3) is 5.80. The molecular formula is C26H38N6. The molecule has 0 aromatic rings. The summed E-state index contributed by atoms with van der Waals surface area (Å²) in [4.78, 5) is 6.87. The lowest BCUT2D eigenvalue weighted by Crippen LogP contribution is -2.40. The van der Waals surface area contributed by atoms with Gasteiger partial charge in [-0.25, -0.2) is 0 Å². The Morgan fingerprint density at radius 2 is 2.12 bits per heavy atom. The van der Waals surface area contributed by atoms with Crippen LogP contribution in [0.25, 0.3) is 0 Å². The average molecular weight is 435 g/mol. The van der Waals surface area contributed by atoms with E-state index in [0.29, 0.717) is 17.9 Å². The molecule has 0 radical (unpaired) electrons. The van der Waals surface area contributed by atoms with Crippen LogP contribution >= 0.6 is 0 Å². The van der Waals surface area contributed by atoms with Crippen LogP contribution in [0.5, 0.6) is 0 Å². The fourth-order valence-electron chi connectivity index (χ4n) is 4.83. The fourth-order valence-corrected chi connectivity index (χ4v) is 4.83. The summed E-state index contributed by atoms with van der Waals surface area (Å²) in [7, 11) is 0. The molecule has 0 saturated carbocycles. The van der Waals surface area contributed by atoms with E-state index >= 15 is 0 Å². The maximum absolute atomic E-state index is 4.45. The third-order valence-electron chi connectivity index (χ3n) is 6.76. The summed E-state index contributed by atoms with van der Waals surface area (Å²) in [5.74, 6) is 1.23. The van der Waals surface area contributed by atoms with E-state index in [4.69, 9.17) is 0 Å². The number of rotatable bonds is 9. The Morgan fingerprint density at radius 3 is 2.94 bits per heavy atom. The molecule has 5 unspecified atom stereocenters. The van der Waals surface area contributed by atoms with Crippen molar-refractivity contribution in [2.24, 2.45) is 27.8 Å². The molecule has 32 heavy (non-hydrogen) atoms. The van der Waals surface area contributed by atoms with Crippen LogP contribution < -0.4 is 16.1 Å². The summed E-state index contributed by atoms with van der Waals surface area (Å²) >= 11 is 0. The molecule has 1 aliphatic carbocycles. The minimum Gasteiger partial charge on any atom is -0.381 e. The molecule has 4 aliphatic rings. The molecule has 3 heterocycles. The highest BCUT2D eigenvalue weighted by atomic mass is 15.3. The van der Waals surface area contributed by atoms with Crippen LogP contribution in [0.4, 0.5) is 0 Å². The van der Waals surface area contributed by atoms with E-state index in [-0.39, 0.29) is 18.0 Å². The molecule has 6 nitrogen and oxygen atoms in total. The topological polar surface area (TPSA) is 64.1 Å². The SMILES string of the molecule is C/C=C/C(N/C=C/C1C=NNC1/C=C/N1CCC(NCC)CC1)C1=CC2C=NCC2C=C1. The summed E-state index contributed by atoms with van der Waals surface area (Å²) < 4.78 is 0. The normalized spacial score (nSPS) is 31.1. The highest BCUT2D eigenvalue weighted by molar-refractivity contribution is 5.68. The van der Waals surface area contributed by atoms with Gasteiger partial charge in [-0.3, -0.25) is 4.99 Å². The molecule has 0 amide bonds. The predicted octanol–water partition coefficient (Wildman–Crippen LogP) is 3.01. The zero-order valence-electron chi connectivity index (χ0n) is 19.4. The van der Waals surface area contributed by atoms with E-state index in [1.54, 1.807) is 0 Å². The van der Waals surface area contributed by atoms with Gasteiger partial charge < -0.3 is 21.0 Å². The Kier molecular flexibility index (Phi) is 7.99. The van der Waals surface area contributed by atoms with Crippen LogP contribution in [0.3, 0.4) is 0 Å². The highest BCUT2D eigenvalue weighted by Crippen LogP contribution is 2.27. The monoisotopic (exact) mass is 434 g/mol. The summed E-state index contributed by atoms with van der Waals surface area (Å²) in [5, 5.41) is 11.5.